The Kier molecular flexibility index (Phi) is 12.9. The summed E-state index contributed by atoms with van der Waals surface area (Å²) in [5.41, 5.74) is 0. The van der Waals surface area contributed by atoms with E-state index in [1.54, 1.807) is 0 Å². The number of carbonyl (C=O) groups is 1. The highest BCUT2D eigenvalue weighted by Gasteiger charge is 2.46. The summed E-state index contributed by atoms with van der Waals surface area (Å²) < 4.78 is 16.5. The second-order valence-corrected chi connectivity index (χ2v) is 8.91. The molecular formula is C23H42O8. The Morgan fingerprint density at radius 3 is 1.84 bits per heavy atom. The summed E-state index contributed by atoms with van der Waals surface area (Å²) >= 11 is 0. The number of hydrogen-bond donors (Lipinski definition) is 4. The van der Waals surface area contributed by atoms with Crippen molar-refractivity contribution in [3.05, 3.63) is 0 Å². The molecule has 2 rings (SSSR count). The van der Waals surface area contributed by atoms with Crippen molar-refractivity contribution in [3.8, 4) is 0 Å². The third-order valence-electron chi connectivity index (χ3n) is 6.23. The van der Waals surface area contributed by atoms with Crippen molar-refractivity contribution in [2.45, 2.75) is 127 Å². The average molecular weight is 447 g/mol. The lowest BCUT2D eigenvalue weighted by atomic mass is 9.99. The van der Waals surface area contributed by atoms with Gasteiger partial charge in [0.1, 0.15) is 31.0 Å². The summed E-state index contributed by atoms with van der Waals surface area (Å²) in [6.45, 7) is 0.139. The third kappa shape index (κ3) is 9.72. The number of aliphatic hydroxyl groups is 4. The fraction of sp³-hybridized carbons (Fsp3) is 0.957. The quantitative estimate of drug-likeness (QED) is 0.236. The Morgan fingerprint density at radius 1 is 0.710 bits per heavy atom. The minimum absolute atomic E-state index is 0.0732. The smallest absolute Gasteiger partial charge is 0.308 e. The first-order chi connectivity index (χ1) is 15.0. The maximum atomic E-state index is 12.0. The van der Waals surface area contributed by atoms with E-state index >= 15 is 0 Å². The van der Waals surface area contributed by atoms with Gasteiger partial charge < -0.3 is 34.6 Å². The van der Waals surface area contributed by atoms with Crippen LogP contribution in [0, 0.1) is 0 Å². The molecule has 8 heteroatoms. The van der Waals surface area contributed by atoms with E-state index in [1.807, 2.05) is 0 Å². The molecule has 0 spiro atoms. The maximum absolute atomic E-state index is 12.0. The Labute approximate surface area is 185 Å². The summed E-state index contributed by atoms with van der Waals surface area (Å²) in [4.78, 5) is 12.0. The molecule has 0 amide bonds. The van der Waals surface area contributed by atoms with Gasteiger partial charge in [0.15, 0.2) is 6.29 Å². The van der Waals surface area contributed by atoms with Crippen molar-refractivity contribution < 1.29 is 39.4 Å². The van der Waals surface area contributed by atoms with Crippen LogP contribution in [0.4, 0.5) is 0 Å². The second kappa shape index (κ2) is 15.1. The highest BCUT2D eigenvalue weighted by Crippen LogP contribution is 2.27. The van der Waals surface area contributed by atoms with Gasteiger partial charge in [0.2, 0.25) is 0 Å². The average Bonchev–Trinajstić information content (AvgIpc) is 2.83. The van der Waals surface area contributed by atoms with E-state index in [0.29, 0.717) is 13.0 Å². The number of cyclic esters (lactones) is 1. The summed E-state index contributed by atoms with van der Waals surface area (Å²) in [6, 6.07) is 0. The summed E-state index contributed by atoms with van der Waals surface area (Å²) in [6.07, 6.45) is 8.11. The van der Waals surface area contributed by atoms with Crippen LogP contribution in [-0.2, 0) is 19.0 Å². The standard InChI is InChI=1S/C23H42O8/c24-14-12-10-8-6-4-2-1-3-5-7-9-11-13-17-15-19(25)29-16-18-20(26)21(27)22(28)23(30-17)31-18/h17-18,20-24,26-28H,1-16H2/t17-,18-,20-,21+,22-,23-/m1/s1. The third-order valence-corrected chi connectivity index (χ3v) is 6.23. The summed E-state index contributed by atoms with van der Waals surface area (Å²) in [5.74, 6) is -0.423. The first kappa shape index (κ1) is 26.5. The number of carbonyl (C=O) groups excluding carboxylic acids is 1. The van der Waals surface area contributed by atoms with Crippen LogP contribution in [-0.4, -0.2) is 76.4 Å². The zero-order chi connectivity index (χ0) is 22.5. The number of fused-ring (bicyclic) bond motifs is 2. The first-order valence-electron chi connectivity index (χ1n) is 12.1. The van der Waals surface area contributed by atoms with Crippen LogP contribution in [0.3, 0.4) is 0 Å². The van der Waals surface area contributed by atoms with Gasteiger partial charge in [-0.2, -0.15) is 0 Å². The van der Waals surface area contributed by atoms with Crippen molar-refractivity contribution in [1.29, 1.82) is 0 Å². The fourth-order valence-electron chi connectivity index (χ4n) is 4.25. The molecule has 2 heterocycles. The molecule has 6 atom stereocenters. The lowest BCUT2D eigenvalue weighted by Gasteiger charge is -2.40. The van der Waals surface area contributed by atoms with Gasteiger partial charge in [-0.15, -0.1) is 0 Å². The number of unbranched alkanes of at least 4 members (excludes halogenated alkanes) is 11. The number of hydrogen-bond acceptors (Lipinski definition) is 8. The zero-order valence-electron chi connectivity index (χ0n) is 18.7. The largest absolute Gasteiger partial charge is 0.463 e. The number of rotatable bonds is 14. The van der Waals surface area contributed by atoms with E-state index in [9.17, 15) is 20.1 Å². The van der Waals surface area contributed by atoms with Crippen LogP contribution in [0.15, 0.2) is 0 Å². The second-order valence-electron chi connectivity index (χ2n) is 8.91. The summed E-state index contributed by atoms with van der Waals surface area (Å²) in [7, 11) is 0. The molecule has 31 heavy (non-hydrogen) atoms. The van der Waals surface area contributed by atoms with Crippen LogP contribution >= 0.6 is 0 Å². The zero-order valence-corrected chi connectivity index (χ0v) is 18.7. The van der Waals surface area contributed by atoms with Crippen molar-refractivity contribution in [3.63, 3.8) is 0 Å². The molecule has 4 N–H and O–H groups in total. The molecule has 2 aliphatic rings. The Morgan fingerprint density at radius 2 is 1.26 bits per heavy atom. The molecule has 8 nitrogen and oxygen atoms in total. The normalized spacial score (nSPS) is 31.5. The molecule has 0 aromatic carbocycles. The number of aliphatic hydroxyl groups excluding tert-OH is 4. The Bertz CT molecular complexity index is 488. The van der Waals surface area contributed by atoms with Crippen LogP contribution in [0.25, 0.3) is 0 Å². The van der Waals surface area contributed by atoms with E-state index in [-0.39, 0.29) is 13.0 Å². The van der Waals surface area contributed by atoms with Gasteiger partial charge in [-0.3, -0.25) is 4.79 Å². The van der Waals surface area contributed by atoms with Gasteiger partial charge >= 0.3 is 5.97 Å². The minimum atomic E-state index is -1.40. The molecule has 2 bridgehead atoms. The first-order valence-corrected chi connectivity index (χ1v) is 12.1. The van der Waals surface area contributed by atoms with Crippen molar-refractivity contribution >= 4 is 5.97 Å². The topological polar surface area (TPSA) is 126 Å². The van der Waals surface area contributed by atoms with Gasteiger partial charge in [0.05, 0.1) is 12.5 Å². The van der Waals surface area contributed by atoms with Gasteiger partial charge in [-0.25, -0.2) is 0 Å². The molecule has 0 aliphatic carbocycles. The maximum Gasteiger partial charge on any atom is 0.308 e. The van der Waals surface area contributed by atoms with E-state index in [4.69, 9.17) is 19.3 Å². The molecule has 0 aromatic rings. The minimum Gasteiger partial charge on any atom is -0.463 e. The highest BCUT2D eigenvalue weighted by molar-refractivity contribution is 5.70. The number of esters is 1. The van der Waals surface area contributed by atoms with Crippen molar-refractivity contribution in [2.75, 3.05) is 13.2 Å². The van der Waals surface area contributed by atoms with Crippen LogP contribution < -0.4 is 0 Å². The lowest BCUT2D eigenvalue weighted by Crippen LogP contribution is -2.59. The predicted molar refractivity (Wildman–Crippen MR) is 114 cm³/mol. The molecular weight excluding hydrogens is 404 g/mol. The van der Waals surface area contributed by atoms with Gasteiger partial charge in [0, 0.05) is 6.61 Å². The molecule has 2 aliphatic heterocycles. The Hall–Kier alpha value is -0.770. The highest BCUT2D eigenvalue weighted by atomic mass is 16.7. The van der Waals surface area contributed by atoms with E-state index in [1.165, 1.54) is 44.9 Å². The molecule has 0 radical (unpaired) electrons. The van der Waals surface area contributed by atoms with Crippen LogP contribution in [0.2, 0.25) is 0 Å². The van der Waals surface area contributed by atoms with E-state index in [0.717, 1.165) is 32.1 Å². The SMILES string of the molecule is O=C1C[C@@H](CCCCCCCCCCCCCCO)O[C@@H]2O[C@H](CO1)[C@@H](O)[C@H](O)[C@H]2O. The lowest BCUT2D eigenvalue weighted by molar-refractivity contribution is -0.308. The molecule has 182 valence electrons. The molecule has 0 saturated carbocycles. The van der Waals surface area contributed by atoms with Gasteiger partial charge in [-0.05, 0) is 12.8 Å². The van der Waals surface area contributed by atoms with Crippen molar-refractivity contribution in [2.24, 2.45) is 0 Å². The number of ether oxygens (including phenoxy) is 3. The van der Waals surface area contributed by atoms with E-state index < -0.39 is 42.8 Å². The molecule has 2 saturated heterocycles. The molecule has 2 fully saturated rings. The predicted octanol–water partition coefficient (Wildman–Crippen LogP) is 2.19. The van der Waals surface area contributed by atoms with Crippen molar-refractivity contribution in [1.82, 2.24) is 0 Å². The van der Waals surface area contributed by atoms with Gasteiger partial charge in [0.25, 0.3) is 0 Å². The van der Waals surface area contributed by atoms with Gasteiger partial charge in [-0.1, -0.05) is 70.6 Å². The molecule has 0 unspecified atom stereocenters. The Balaban J connectivity index is 1.57. The molecule has 0 aromatic heterocycles. The monoisotopic (exact) mass is 446 g/mol. The van der Waals surface area contributed by atoms with Crippen LogP contribution in [0.1, 0.15) is 89.9 Å². The van der Waals surface area contributed by atoms with Crippen LogP contribution in [0.5, 0.6) is 0 Å². The van der Waals surface area contributed by atoms with E-state index in [2.05, 4.69) is 0 Å². The fourth-order valence-corrected chi connectivity index (χ4v) is 4.25. The summed E-state index contributed by atoms with van der Waals surface area (Å²) in [5, 5.41) is 38.9.